The number of hydrogen-bond acceptors (Lipinski definition) is 3. The maximum absolute atomic E-state index is 9.23. The predicted octanol–water partition coefficient (Wildman–Crippen LogP) is 3.18. The minimum Gasteiger partial charge on any atom is -0.508 e. The number of phenols is 1. The van der Waals surface area contributed by atoms with Crippen LogP contribution in [0.25, 0.3) is 11.1 Å². The van der Waals surface area contributed by atoms with E-state index in [1.807, 2.05) is 37.3 Å². The lowest BCUT2D eigenvalue weighted by atomic mass is 10.0. The van der Waals surface area contributed by atoms with Crippen LogP contribution in [0, 0.1) is 6.92 Å². The average Bonchev–Trinajstić information content (AvgIpc) is 2.33. The molecule has 0 unspecified atom stereocenters. The first kappa shape index (κ1) is 11.2. The molecule has 0 aliphatic carbocycles. The summed E-state index contributed by atoms with van der Waals surface area (Å²) >= 11 is 0. The first-order valence-corrected chi connectivity index (χ1v) is 5.28. The summed E-state index contributed by atoms with van der Waals surface area (Å²) in [5, 5.41) is 20.8. The predicted molar refractivity (Wildman–Crippen MR) is 67.7 cm³/mol. The monoisotopic (exact) mass is 227 g/mol. The van der Waals surface area contributed by atoms with Crippen molar-refractivity contribution in [1.29, 1.82) is 0 Å². The molecule has 0 aliphatic rings. The lowest BCUT2D eigenvalue weighted by Gasteiger charge is -2.05. The van der Waals surface area contributed by atoms with Gasteiger partial charge < -0.3 is 10.3 Å². The molecule has 0 atom stereocenters. The Balaban J connectivity index is 2.40. The number of rotatable bonds is 2. The maximum atomic E-state index is 9.23. The van der Waals surface area contributed by atoms with E-state index < -0.39 is 0 Å². The molecule has 0 fully saturated rings. The zero-order valence-electron chi connectivity index (χ0n) is 9.46. The van der Waals surface area contributed by atoms with Gasteiger partial charge >= 0.3 is 0 Å². The van der Waals surface area contributed by atoms with Gasteiger partial charge in [-0.3, -0.25) is 0 Å². The van der Waals surface area contributed by atoms with E-state index >= 15 is 0 Å². The number of benzene rings is 2. The standard InChI is InChI=1S/C14H13NO2/c1-10-8-12(2-3-13(10)9-15-17)11-4-6-14(16)7-5-11/h2-9,16-17H,1H3/b15-9+. The third kappa shape index (κ3) is 2.45. The van der Waals surface area contributed by atoms with Crippen LogP contribution in [-0.2, 0) is 0 Å². The van der Waals surface area contributed by atoms with Gasteiger partial charge in [0, 0.05) is 0 Å². The van der Waals surface area contributed by atoms with Crippen molar-refractivity contribution < 1.29 is 10.3 Å². The quantitative estimate of drug-likeness (QED) is 0.470. The normalized spacial score (nSPS) is 10.9. The minimum absolute atomic E-state index is 0.259. The summed E-state index contributed by atoms with van der Waals surface area (Å²) in [6.07, 6.45) is 1.41. The van der Waals surface area contributed by atoms with E-state index in [4.69, 9.17) is 5.21 Å². The fraction of sp³-hybridized carbons (Fsp3) is 0.0714. The second-order valence-corrected chi connectivity index (χ2v) is 3.86. The van der Waals surface area contributed by atoms with E-state index in [1.54, 1.807) is 12.1 Å². The first-order chi connectivity index (χ1) is 8.20. The van der Waals surface area contributed by atoms with Gasteiger partial charge in [0.1, 0.15) is 5.75 Å². The number of hydrogen-bond donors (Lipinski definition) is 2. The van der Waals surface area contributed by atoms with Gasteiger partial charge in [-0.2, -0.15) is 0 Å². The van der Waals surface area contributed by atoms with Crippen LogP contribution in [0.2, 0.25) is 0 Å². The molecule has 0 aliphatic heterocycles. The number of aryl methyl sites for hydroxylation is 1. The smallest absolute Gasteiger partial charge is 0.115 e. The van der Waals surface area contributed by atoms with E-state index in [0.29, 0.717) is 0 Å². The van der Waals surface area contributed by atoms with E-state index in [2.05, 4.69) is 5.16 Å². The van der Waals surface area contributed by atoms with Crippen LogP contribution in [0.15, 0.2) is 47.6 Å². The van der Waals surface area contributed by atoms with Gasteiger partial charge in [0.15, 0.2) is 0 Å². The molecule has 2 rings (SSSR count). The molecular weight excluding hydrogens is 214 g/mol. The molecule has 86 valence electrons. The van der Waals surface area contributed by atoms with Crippen molar-refractivity contribution in [2.75, 3.05) is 0 Å². The molecule has 0 saturated heterocycles. The molecule has 0 heterocycles. The van der Waals surface area contributed by atoms with Crippen LogP contribution in [0.1, 0.15) is 11.1 Å². The fourth-order valence-electron chi connectivity index (χ4n) is 1.72. The second-order valence-electron chi connectivity index (χ2n) is 3.86. The summed E-state index contributed by atoms with van der Waals surface area (Å²) in [6, 6.07) is 12.9. The van der Waals surface area contributed by atoms with E-state index in [9.17, 15) is 5.11 Å². The van der Waals surface area contributed by atoms with Crippen LogP contribution in [0.5, 0.6) is 5.75 Å². The van der Waals surface area contributed by atoms with E-state index in [-0.39, 0.29) is 5.75 Å². The molecule has 2 N–H and O–H groups in total. The highest BCUT2D eigenvalue weighted by Gasteiger charge is 2.01. The van der Waals surface area contributed by atoms with Crippen molar-refractivity contribution in [1.82, 2.24) is 0 Å². The van der Waals surface area contributed by atoms with Crippen molar-refractivity contribution >= 4 is 6.21 Å². The van der Waals surface area contributed by atoms with Gasteiger partial charge in [0.2, 0.25) is 0 Å². The molecule has 17 heavy (non-hydrogen) atoms. The molecule has 0 amide bonds. The third-order valence-electron chi connectivity index (χ3n) is 2.67. The van der Waals surface area contributed by atoms with Crippen LogP contribution in [0.4, 0.5) is 0 Å². The largest absolute Gasteiger partial charge is 0.508 e. The van der Waals surface area contributed by atoms with Crippen molar-refractivity contribution in [2.24, 2.45) is 5.16 Å². The summed E-state index contributed by atoms with van der Waals surface area (Å²) < 4.78 is 0. The minimum atomic E-state index is 0.259. The van der Waals surface area contributed by atoms with Crippen molar-refractivity contribution in [3.63, 3.8) is 0 Å². The van der Waals surface area contributed by atoms with Gasteiger partial charge in [0.05, 0.1) is 6.21 Å². The molecule has 2 aromatic rings. The average molecular weight is 227 g/mol. The van der Waals surface area contributed by atoms with E-state index in [1.165, 1.54) is 6.21 Å². The summed E-state index contributed by atoms with van der Waals surface area (Å²) in [5.74, 6) is 0.259. The van der Waals surface area contributed by atoms with Gasteiger partial charge in [-0.25, -0.2) is 0 Å². The number of phenolic OH excluding ortho intramolecular Hbond substituents is 1. The van der Waals surface area contributed by atoms with Gasteiger partial charge in [-0.1, -0.05) is 35.5 Å². The highest BCUT2D eigenvalue weighted by molar-refractivity contribution is 5.82. The van der Waals surface area contributed by atoms with Crippen LogP contribution < -0.4 is 0 Å². The Labute approximate surface area is 99.7 Å². The zero-order chi connectivity index (χ0) is 12.3. The molecule has 0 spiro atoms. The molecule has 0 radical (unpaired) electrons. The van der Waals surface area contributed by atoms with Crippen LogP contribution in [0.3, 0.4) is 0 Å². The Bertz CT molecular complexity index is 545. The fourth-order valence-corrected chi connectivity index (χ4v) is 1.72. The summed E-state index contributed by atoms with van der Waals surface area (Å²) in [6.45, 7) is 1.96. The van der Waals surface area contributed by atoms with Crippen LogP contribution in [-0.4, -0.2) is 16.5 Å². The molecule has 0 bridgehead atoms. The Morgan fingerprint density at radius 3 is 2.24 bits per heavy atom. The van der Waals surface area contributed by atoms with Crippen molar-refractivity contribution in [3.05, 3.63) is 53.6 Å². The molecule has 3 nitrogen and oxygen atoms in total. The number of oxime groups is 1. The third-order valence-corrected chi connectivity index (χ3v) is 2.67. The van der Waals surface area contributed by atoms with Crippen LogP contribution >= 0.6 is 0 Å². The number of nitrogens with zero attached hydrogens (tertiary/aromatic N) is 1. The second kappa shape index (κ2) is 4.70. The SMILES string of the molecule is Cc1cc(-c2ccc(O)cc2)ccc1/C=N/O. The molecule has 0 saturated carbocycles. The lowest BCUT2D eigenvalue weighted by Crippen LogP contribution is -1.88. The van der Waals surface area contributed by atoms with Gasteiger partial charge in [-0.15, -0.1) is 0 Å². The topological polar surface area (TPSA) is 52.8 Å². The Morgan fingerprint density at radius 1 is 1.00 bits per heavy atom. The Hall–Kier alpha value is -2.29. The summed E-state index contributed by atoms with van der Waals surface area (Å²) in [5.41, 5.74) is 4.03. The highest BCUT2D eigenvalue weighted by atomic mass is 16.4. The molecular formula is C14H13NO2. The maximum Gasteiger partial charge on any atom is 0.115 e. The lowest BCUT2D eigenvalue weighted by molar-refractivity contribution is 0.322. The van der Waals surface area contributed by atoms with Crippen molar-refractivity contribution in [3.8, 4) is 16.9 Å². The molecule has 2 aromatic carbocycles. The highest BCUT2D eigenvalue weighted by Crippen LogP contribution is 2.23. The van der Waals surface area contributed by atoms with E-state index in [0.717, 1.165) is 22.3 Å². The van der Waals surface area contributed by atoms with Gasteiger partial charge in [-0.05, 0) is 41.3 Å². The molecule has 0 aromatic heterocycles. The zero-order valence-corrected chi connectivity index (χ0v) is 9.46. The summed E-state index contributed by atoms with van der Waals surface area (Å²) in [4.78, 5) is 0. The number of aromatic hydroxyl groups is 1. The first-order valence-electron chi connectivity index (χ1n) is 5.28. The van der Waals surface area contributed by atoms with Gasteiger partial charge in [0.25, 0.3) is 0 Å². The summed E-state index contributed by atoms with van der Waals surface area (Å²) in [7, 11) is 0. The Kier molecular flexibility index (Phi) is 3.10. The van der Waals surface area contributed by atoms with Crippen molar-refractivity contribution in [2.45, 2.75) is 6.92 Å². The Morgan fingerprint density at radius 2 is 1.65 bits per heavy atom. The molecule has 3 heteroatoms.